The van der Waals surface area contributed by atoms with Gasteiger partial charge in [-0.3, -0.25) is 4.58 Å². The minimum atomic E-state index is -1.15. The molecule has 26 heavy (non-hydrogen) atoms. The Bertz CT molecular complexity index is 834. The SMILES string of the molecule is COc1ccccc1[C@@]1(O)C[N+]2=C(CCCCC2)N1c1ccc(Br)cc1. The Morgan fingerprint density at radius 1 is 1.08 bits per heavy atom. The van der Waals surface area contributed by atoms with Gasteiger partial charge in [-0.25, -0.2) is 0 Å². The molecule has 4 nitrogen and oxygen atoms in total. The summed E-state index contributed by atoms with van der Waals surface area (Å²) in [5.74, 6) is 1.92. The molecule has 2 aliphatic heterocycles. The monoisotopic (exact) mass is 415 g/mol. The molecule has 0 aliphatic carbocycles. The highest BCUT2D eigenvalue weighted by Crippen LogP contribution is 2.41. The smallest absolute Gasteiger partial charge is 0.279 e. The predicted octanol–water partition coefficient (Wildman–Crippen LogP) is 4.11. The Hall–Kier alpha value is -1.85. The van der Waals surface area contributed by atoms with Gasteiger partial charge in [0.1, 0.15) is 11.4 Å². The van der Waals surface area contributed by atoms with Gasteiger partial charge in [-0.2, -0.15) is 4.90 Å². The average molecular weight is 416 g/mol. The van der Waals surface area contributed by atoms with Gasteiger partial charge in [0.2, 0.25) is 0 Å². The summed E-state index contributed by atoms with van der Waals surface area (Å²) in [6.45, 7) is 1.54. The number of rotatable bonds is 3. The maximum atomic E-state index is 12.0. The Morgan fingerprint density at radius 3 is 2.62 bits per heavy atom. The highest BCUT2D eigenvalue weighted by molar-refractivity contribution is 9.10. The van der Waals surface area contributed by atoms with E-state index in [9.17, 15) is 5.11 Å². The zero-order valence-electron chi connectivity index (χ0n) is 15.0. The van der Waals surface area contributed by atoms with Gasteiger partial charge in [0.25, 0.3) is 11.6 Å². The Balaban J connectivity index is 1.87. The summed E-state index contributed by atoms with van der Waals surface area (Å²) < 4.78 is 8.96. The van der Waals surface area contributed by atoms with Crippen molar-refractivity contribution in [1.29, 1.82) is 0 Å². The molecule has 2 aromatic rings. The van der Waals surface area contributed by atoms with Crippen molar-refractivity contribution in [2.45, 2.75) is 31.4 Å². The summed E-state index contributed by atoms with van der Waals surface area (Å²) in [7, 11) is 1.66. The Morgan fingerprint density at radius 2 is 1.85 bits per heavy atom. The summed E-state index contributed by atoms with van der Waals surface area (Å²) >= 11 is 3.51. The number of para-hydroxylation sites is 1. The van der Waals surface area contributed by atoms with Crippen molar-refractivity contribution in [2.24, 2.45) is 0 Å². The lowest BCUT2D eigenvalue weighted by atomic mass is 9.98. The van der Waals surface area contributed by atoms with Crippen LogP contribution in [0.2, 0.25) is 0 Å². The number of halogens is 1. The third-order valence-electron chi connectivity index (χ3n) is 5.36. The van der Waals surface area contributed by atoms with E-state index in [0.717, 1.165) is 40.9 Å². The van der Waals surface area contributed by atoms with Crippen molar-refractivity contribution in [3.8, 4) is 5.75 Å². The van der Waals surface area contributed by atoms with Crippen molar-refractivity contribution < 1.29 is 14.4 Å². The number of benzene rings is 2. The largest absolute Gasteiger partial charge is 0.496 e. The van der Waals surface area contributed by atoms with E-state index in [4.69, 9.17) is 4.74 Å². The van der Waals surface area contributed by atoms with Gasteiger partial charge < -0.3 is 9.84 Å². The number of ether oxygens (including phenoxy) is 1. The van der Waals surface area contributed by atoms with Crippen molar-refractivity contribution in [3.05, 3.63) is 58.6 Å². The molecule has 2 aromatic carbocycles. The molecule has 0 aromatic heterocycles. The van der Waals surface area contributed by atoms with Crippen LogP contribution >= 0.6 is 15.9 Å². The maximum Gasteiger partial charge on any atom is 0.279 e. The number of nitrogens with zero attached hydrogens (tertiary/aromatic N) is 2. The van der Waals surface area contributed by atoms with Crippen LogP contribution in [0, 0.1) is 0 Å². The van der Waals surface area contributed by atoms with Crippen molar-refractivity contribution in [2.75, 3.05) is 25.1 Å². The second-order valence-electron chi connectivity index (χ2n) is 6.98. The van der Waals surface area contributed by atoms with Gasteiger partial charge >= 0.3 is 0 Å². The van der Waals surface area contributed by atoms with E-state index in [1.807, 2.05) is 36.4 Å². The lowest BCUT2D eigenvalue weighted by molar-refractivity contribution is -0.534. The standard InChI is InChI=1S/C21H24BrN2O2/c1-26-19-8-5-4-7-18(19)21(25)15-23-14-6-2-3-9-20(23)24(21)17-12-10-16(22)11-13-17/h4-5,7-8,10-13,25H,2-3,6,9,14-15H2,1H3/q+1/t21-/m0/s1. The van der Waals surface area contributed by atoms with E-state index in [0.29, 0.717) is 6.54 Å². The molecule has 0 amide bonds. The van der Waals surface area contributed by atoms with Crippen molar-refractivity contribution in [1.82, 2.24) is 0 Å². The number of methoxy groups -OCH3 is 1. The van der Waals surface area contributed by atoms with Crippen LogP contribution in [0.4, 0.5) is 5.69 Å². The molecular weight excluding hydrogens is 392 g/mol. The molecule has 2 aliphatic rings. The number of anilines is 1. The van der Waals surface area contributed by atoms with E-state index < -0.39 is 5.72 Å². The molecule has 0 radical (unpaired) electrons. The van der Waals surface area contributed by atoms with Crippen LogP contribution < -0.4 is 9.64 Å². The lowest BCUT2D eigenvalue weighted by Gasteiger charge is -2.30. The number of hydrogen-bond donors (Lipinski definition) is 1. The lowest BCUT2D eigenvalue weighted by Crippen LogP contribution is -2.47. The Kier molecular flexibility index (Phi) is 4.76. The normalized spacial score (nSPS) is 23.0. The molecule has 5 heteroatoms. The van der Waals surface area contributed by atoms with Crippen LogP contribution in [-0.4, -0.2) is 35.7 Å². The molecule has 0 unspecified atom stereocenters. The van der Waals surface area contributed by atoms with Gasteiger partial charge in [-0.1, -0.05) is 28.1 Å². The van der Waals surface area contributed by atoms with Gasteiger partial charge in [0, 0.05) is 10.9 Å². The zero-order valence-corrected chi connectivity index (χ0v) is 16.6. The first kappa shape index (κ1) is 17.6. The quantitative estimate of drug-likeness (QED) is 0.766. The van der Waals surface area contributed by atoms with E-state index in [-0.39, 0.29) is 0 Å². The van der Waals surface area contributed by atoms with Crippen molar-refractivity contribution >= 4 is 27.5 Å². The number of hydrogen-bond acceptors (Lipinski definition) is 3. The third-order valence-corrected chi connectivity index (χ3v) is 5.88. The molecule has 0 saturated heterocycles. The molecule has 0 saturated carbocycles. The first-order valence-corrected chi connectivity index (χ1v) is 9.95. The van der Waals surface area contributed by atoms with Gasteiger partial charge in [-0.05, 0) is 55.7 Å². The highest BCUT2D eigenvalue weighted by atomic mass is 79.9. The van der Waals surface area contributed by atoms with Crippen molar-refractivity contribution in [3.63, 3.8) is 0 Å². The average Bonchev–Trinajstić information content (AvgIpc) is 2.79. The molecule has 1 N–H and O–H groups in total. The predicted molar refractivity (Wildman–Crippen MR) is 107 cm³/mol. The van der Waals surface area contributed by atoms with Crippen LogP contribution in [-0.2, 0) is 5.72 Å². The van der Waals surface area contributed by atoms with Crippen LogP contribution in [0.15, 0.2) is 53.0 Å². The minimum Gasteiger partial charge on any atom is -0.496 e. The van der Waals surface area contributed by atoms with E-state index in [1.54, 1.807) is 7.11 Å². The van der Waals surface area contributed by atoms with Gasteiger partial charge in [0.15, 0.2) is 6.54 Å². The minimum absolute atomic E-state index is 0.554. The van der Waals surface area contributed by atoms with E-state index in [1.165, 1.54) is 18.7 Å². The molecule has 0 fully saturated rings. The molecule has 4 rings (SSSR count). The summed E-state index contributed by atoms with van der Waals surface area (Å²) in [5.41, 5.74) is 0.666. The summed E-state index contributed by atoms with van der Waals surface area (Å²) in [6.07, 6.45) is 4.54. The number of aliphatic hydroxyl groups is 1. The zero-order chi connectivity index (χ0) is 18.1. The van der Waals surface area contributed by atoms with Crippen LogP contribution in [0.3, 0.4) is 0 Å². The molecule has 0 bridgehead atoms. The van der Waals surface area contributed by atoms with Gasteiger partial charge in [0.05, 0.1) is 19.2 Å². The topological polar surface area (TPSA) is 35.7 Å². The molecule has 0 spiro atoms. The Labute approximate surface area is 162 Å². The third kappa shape index (κ3) is 2.93. The van der Waals surface area contributed by atoms with Crippen LogP contribution in [0.5, 0.6) is 5.75 Å². The van der Waals surface area contributed by atoms with E-state index in [2.05, 4.69) is 37.5 Å². The first-order valence-electron chi connectivity index (χ1n) is 9.16. The maximum absolute atomic E-state index is 12.0. The molecule has 1 atom stereocenters. The summed E-state index contributed by atoms with van der Waals surface area (Å²) in [6, 6.07) is 16.0. The van der Waals surface area contributed by atoms with Crippen LogP contribution in [0.1, 0.15) is 31.2 Å². The molecular formula is C21H24BrN2O2+. The van der Waals surface area contributed by atoms with E-state index >= 15 is 0 Å². The molecule has 2 heterocycles. The number of amidine groups is 1. The first-order chi connectivity index (χ1) is 12.6. The second-order valence-corrected chi connectivity index (χ2v) is 7.89. The summed E-state index contributed by atoms with van der Waals surface area (Å²) in [5, 5.41) is 12.0. The second kappa shape index (κ2) is 7.05. The fourth-order valence-electron chi connectivity index (χ4n) is 4.16. The fourth-order valence-corrected chi connectivity index (χ4v) is 4.42. The fraction of sp³-hybridized carbons (Fsp3) is 0.381. The van der Waals surface area contributed by atoms with Crippen LogP contribution in [0.25, 0.3) is 0 Å². The molecule has 136 valence electrons. The summed E-state index contributed by atoms with van der Waals surface area (Å²) in [4.78, 5) is 2.11. The van der Waals surface area contributed by atoms with Gasteiger partial charge in [-0.15, -0.1) is 0 Å². The highest BCUT2D eigenvalue weighted by Gasteiger charge is 2.55.